The van der Waals surface area contributed by atoms with Crippen molar-refractivity contribution in [1.82, 2.24) is 0 Å². The number of aliphatic hydroxyl groups is 8. The summed E-state index contributed by atoms with van der Waals surface area (Å²) in [6, 6.07) is 0. The minimum atomic E-state index is -1.76. The fraction of sp³-hybridized carbons (Fsp3) is 1.00. The van der Waals surface area contributed by atoms with Crippen molar-refractivity contribution in [1.29, 1.82) is 0 Å². The van der Waals surface area contributed by atoms with Crippen molar-refractivity contribution in [3.05, 3.63) is 0 Å². The molecular weight excluding hydrogens is 452 g/mol. The molecule has 3 rings (SSSR count). The van der Waals surface area contributed by atoms with E-state index in [9.17, 15) is 40.9 Å². The SMILES string of the molecule is CO[C@@H]1CC(O)O[C@H](C)[C@H]1O[C@@H]1O[C@H](CO)[C@@H](O[C@@H]2O[C@H](CO)[C@@H](O)[C@H](O)[C@H]2O)[C@H](O)[C@H]1O. The Balaban J connectivity index is 1.70. The maximum absolute atomic E-state index is 10.7. The summed E-state index contributed by atoms with van der Waals surface area (Å²) in [6.45, 7) is 0.252. The van der Waals surface area contributed by atoms with Gasteiger partial charge in [-0.15, -0.1) is 0 Å². The van der Waals surface area contributed by atoms with Crippen LogP contribution in [0.2, 0.25) is 0 Å². The second-order valence-electron chi connectivity index (χ2n) is 8.41. The van der Waals surface area contributed by atoms with Crippen LogP contribution in [0.1, 0.15) is 13.3 Å². The molecule has 0 bridgehead atoms. The van der Waals surface area contributed by atoms with E-state index in [1.165, 1.54) is 7.11 Å². The molecule has 33 heavy (non-hydrogen) atoms. The Labute approximate surface area is 189 Å². The van der Waals surface area contributed by atoms with Crippen LogP contribution in [0.3, 0.4) is 0 Å². The topological polar surface area (TPSA) is 217 Å². The predicted octanol–water partition coefficient (Wildman–Crippen LogP) is -4.86. The van der Waals surface area contributed by atoms with Gasteiger partial charge in [0.25, 0.3) is 0 Å². The van der Waals surface area contributed by atoms with E-state index in [-0.39, 0.29) is 6.42 Å². The molecule has 3 aliphatic rings. The molecule has 14 nitrogen and oxygen atoms in total. The van der Waals surface area contributed by atoms with Crippen LogP contribution < -0.4 is 0 Å². The lowest BCUT2D eigenvalue weighted by Gasteiger charge is -2.47. The van der Waals surface area contributed by atoms with Crippen molar-refractivity contribution in [2.24, 2.45) is 0 Å². The number of hydrogen-bond donors (Lipinski definition) is 8. The van der Waals surface area contributed by atoms with Crippen molar-refractivity contribution in [2.75, 3.05) is 20.3 Å². The van der Waals surface area contributed by atoms with Gasteiger partial charge in [-0.05, 0) is 6.92 Å². The molecule has 3 saturated heterocycles. The summed E-state index contributed by atoms with van der Waals surface area (Å²) in [5.74, 6) is 0. The molecule has 0 aliphatic carbocycles. The van der Waals surface area contributed by atoms with Gasteiger partial charge >= 0.3 is 0 Å². The summed E-state index contributed by atoms with van der Waals surface area (Å²) in [5, 5.41) is 80.1. The molecule has 14 heteroatoms. The fourth-order valence-electron chi connectivity index (χ4n) is 4.27. The molecule has 3 aliphatic heterocycles. The quantitative estimate of drug-likeness (QED) is 0.169. The predicted molar refractivity (Wildman–Crippen MR) is 103 cm³/mol. The van der Waals surface area contributed by atoms with E-state index in [0.29, 0.717) is 0 Å². The van der Waals surface area contributed by atoms with Gasteiger partial charge in [-0.3, -0.25) is 0 Å². The maximum atomic E-state index is 10.7. The van der Waals surface area contributed by atoms with E-state index in [2.05, 4.69) is 0 Å². The first-order valence-corrected chi connectivity index (χ1v) is 10.7. The molecule has 1 unspecified atom stereocenters. The number of rotatable bonds is 7. The van der Waals surface area contributed by atoms with Gasteiger partial charge in [-0.25, -0.2) is 0 Å². The molecular formula is C19H34O14. The zero-order valence-electron chi connectivity index (χ0n) is 18.2. The van der Waals surface area contributed by atoms with Crippen LogP contribution in [0.4, 0.5) is 0 Å². The second-order valence-corrected chi connectivity index (χ2v) is 8.41. The highest BCUT2D eigenvalue weighted by molar-refractivity contribution is 4.95. The van der Waals surface area contributed by atoms with Gasteiger partial charge in [-0.1, -0.05) is 0 Å². The van der Waals surface area contributed by atoms with Crippen molar-refractivity contribution >= 4 is 0 Å². The van der Waals surface area contributed by atoms with E-state index in [0.717, 1.165) is 0 Å². The lowest BCUT2D eigenvalue weighted by atomic mass is 9.96. The number of aliphatic hydroxyl groups excluding tert-OH is 8. The van der Waals surface area contributed by atoms with Crippen LogP contribution in [0.15, 0.2) is 0 Å². The summed E-state index contributed by atoms with van der Waals surface area (Å²) in [4.78, 5) is 0. The average Bonchev–Trinajstić information content (AvgIpc) is 2.79. The van der Waals surface area contributed by atoms with Crippen LogP contribution in [-0.4, -0.2) is 147 Å². The molecule has 0 saturated carbocycles. The molecule has 0 aromatic rings. The Morgan fingerprint density at radius 2 is 1.24 bits per heavy atom. The summed E-state index contributed by atoms with van der Waals surface area (Å²) in [5.41, 5.74) is 0. The largest absolute Gasteiger partial charge is 0.394 e. The van der Waals surface area contributed by atoms with Crippen LogP contribution in [0.25, 0.3) is 0 Å². The van der Waals surface area contributed by atoms with Crippen LogP contribution in [0.5, 0.6) is 0 Å². The molecule has 0 amide bonds. The van der Waals surface area contributed by atoms with Gasteiger partial charge in [0.15, 0.2) is 18.9 Å². The molecule has 3 fully saturated rings. The monoisotopic (exact) mass is 486 g/mol. The fourth-order valence-corrected chi connectivity index (χ4v) is 4.27. The standard InChI is InChI=1S/C19H34O14/c1-6-16(7(28-2)3-10(22)29-6)32-19-15(27)13(25)17(9(5-21)31-19)33-18-14(26)12(24)11(23)8(4-20)30-18/h6-27H,3-5H2,1-2H3/t6-,7-,8-,9-,10?,11-,12+,13-,14-,15-,16-,17-,18+,19+/m1/s1. The molecule has 14 atom stereocenters. The minimum absolute atomic E-state index is 0.100. The third-order valence-electron chi connectivity index (χ3n) is 6.19. The highest BCUT2D eigenvalue weighted by Crippen LogP contribution is 2.32. The Bertz CT molecular complexity index is 607. The van der Waals surface area contributed by atoms with Gasteiger partial charge in [0, 0.05) is 13.5 Å². The van der Waals surface area contributed by atoms with Gasteiger partial charge in [0.2, 0.25) is 0 Å². The molecule has 0 spiro atoms. The molecule has 3 heterocycles. The summed E-state index contributed by atoms with van der Waals surface area (Å²) >= 11 is 0. The van der Waals surface area contributed by atoms with E-state index in [4.69, 9.17) is 28.4 Å². The van der Waals surface area contributed by atoms with Crippen LogP contribution >= 0.6 is 0 Å². The zero-order valence-corrected chi connectivity index (χ0v) is 18.2. The Morgan fingerprint density at radius 1 is 0.697 bits per heavy atom. The molecule has 0 aromatic heterocycles. The third-order valence-corrected chi connectivity index (χ3v) is 6.19. The molecule has 194 valence electrons. The lowest BCUT2D eigenvalue weighted by molar-refractivity contribution is -0.372. The molecule has 8 N–H and O–H groups in total. The summed E-state index contributed by atoms with van der Waals surface area (Å²) in [6.07, 6.45) is -18.5. The first-order chi connectivity index (χ1) is 15.6. The highest BCUT2D eigenvalue weighted by atomic mass is 16.8. The molecule has 0 aromatic carbocycles. The van der Waals surface area contributed by atoms with Gasteiger partial charge in [0.05, 0.1) is 25.4 Å². The van der Waals surface area contributed by atoms with Crippen molar-refractivity contribution < 1.29 is 69.3 Å². The maximum Gasteiger partial charge on any atom is 0.187 e. The van der Waals surface area contributed by atoms with Gasteiger partial charge in [0.1, 0.15) is 54.9 Å². The Hall–Kier alpha value is -0.560. The van der Waals surface area contributed by atoms with Crippen molar-refractivity contribution in [3.63, 3.8) is 0 Å². The van der Waals surface area contributed by atoms with Gasteiger partial charge < -0.3 is 69.3 Å². The molecule has 0 radical (unpaired) electrons. The first-order valence-electron chi connectivity index (χ1n) is 10.7. The number of methoxy groups -OCH3 is 1. The number of ether oxygens (including phenoxy) is 6. The van der Waals surface area contributed by atoms with Crippen LogP contribution in [-0.2, 0) is 28.4 Å². The zero-order chi connectivity index (χ0) is 24.4. The van der Waals surface area contributed by atoms with E-state index < -0.39 is 99.2 Å². The van der Waals surface area contributed by atoms with Crippen molar-refractivity contribution in [3.8, 4) is 0 Å². The normalized spacial score (nSPS) is 51.5. The number of hydrogen-bond acceptors (Lipinski definition) is 14. The third kappa shape index (κ3) is 5.65. The Kier molecular flexibility index (Phi) is 9.38. The van der Waals surface area contributed by atoms with E-state index in [1.807, 2.05) is 0 Å². The highest BCUT2D eigenvalue weighted by Gasteiger charge is 2.52. The smallest absolute Gasteiger partial charge is 0.187 e. The summed E-state index contributed by atoms with van der Waals surface area (Å²) in [7, 11) is 1.42. The van der Waals surface area contributed by atoms with Crippen molar-refractivity contribution in [2.45, 2.75) is 99.4 Å². The van der Waals surface area contributed by atoms with Crippen LogP contribution in [0, 0.1) is 0 Å². The van der Waals surface area contributed by atoms with Gasteiger partial charge in [-0.2, -0.15) is 0 Å². The average molecular weight is 486 g/mol. The second kappa shape index (κ2) is 11.5. The lowest BCUT2D eigenvalue weighted by Crippen LogP contribution is -2.65. The first kappa shape index (κ1) is 27.0. The van der Waals surface area contributed by atoms with E-state index >= 15 is 0 Å². The minimum Gasteiger partial charge on any atom is -0.394 e. The Morgan fingerprint density at radius 3 is 1.82 bits per heavy atom. The summed E-state index contributed by atoms with van der Waals surface area (Å²) < 4.78 is 32.8. The van der Waals surface area contributed by atoms with E-state index in [1.54, 1.807) is 6.92 Å².